The lowest BCUT2D eigenvalue weighted by Crippen LogP contribution is -2.19. The van der Waals surface area contributed by atoms with E-state index < -0.39 is 0 Å². The van der Waals surface area contributed by atoms with Crippen LogP contribution in [0.2, 0.25) is 0 Å². The van der Waals surface area contributed by atoms with Gasteiger partial charge in [0, 0.05) is 0 Å². The molecule has 0 saturated heterocycles. The van der Waals surface area contributed by atoms with E-state index in [2.05, 4.69) is 47.3 Å². The lowest BCUT2D eigenvalue weighted by molar-refractivity contribution is 0.264. The highest BCUT2D eigenvalue weighted by Gasteiger charge is 2.19. The summed E-state index contributed by atoms with van der Waals surface area (Å²) in [6.07, 6.45) is 2.11. The maximum absolute atomic E-state index is 3.89. The maximum Gasteiger partial charge on any atom is -0.0185 e. The molecule has 2 atom stereocenters. The molecule has 0 N–H and O–H groups in total. The smallest absolute Gasteiger partial charge is 0.0185 e. The third kappa shape index (κ3) is 3.09. The highest BCUT2D eigenvalue weighted by atomic mass is 14.2. The molecule has 0 aliphatic carbocycles. The van der Waals surface area contributed by atoms with E-state index in [1.165, 1.54) is 0 Å². The second kappa shape index (κ2) is 4.58. The fourth-order valence-corrected chi connectivity index (χ4v) is 1.54. The summed E-state index contributed by atoms with van der Waals surface area (Å²) in [5, 5.41) is 0. The van der Waals surface area contributed by atoms with Crippen LogP contribution in [-0.4, -0.2) is 0 Å². The molecule has 0 aliphatic heterocycles. The minimum absolute atomic E-state index is 0.676. The summed E-state index contributed by atoms with van der Waals surface area (Å²) in [5.41, 5.74) is 0. The molecule has 0 spiro atoms. The average molecular weight is 154 g/mol. The Bertz CT molecular complexity index is 111. The second-order valence-corrected chi connectivity index (χ2v) is 4.16. The molecule has 0 aromatic rings. The Morgan fingerprint density at radius 2 is 1.36 bits per heavy atom. The Balaban J connectivity index is 4.13. The van der Waals surface area contributed by atoms with Crippen molar-refractivity contribution >= 4 is 0 Å². The van der Waals surface area contributed by atoms with Crippen LogP contribution in [0.25, 0.3) is 0 Å². The van der Waals surface area contributed by atoms with Gasteiger partial charge in [-0.1, -0.05) is 40.7 Å². The first kappa shape index (κ1) is 10.7. The van der Waals surface area contributed by atoms with Crippen LogP contribution in [0.15, 0.2) is 12.7 Å². The van der Waals surface area contributed by atoms with E-state index in [0.717, 1.165) is 17.8 Å². The largest absolute Gasteiger partial charge is 0.103 e. The quantitative estimate of drug-likeness (QED) is 0.541. The maximum atomic E-state index is 3.89. The number of allylic oxidation sites excluding steroid dienone is 1. The van der Waals surface area contributed by atoms with Crippen molar-refractivity contribution in [1.29, 1.82) is 0 Å². The van der Waals surface area contributed by atoms with Gasteiger partial charge in [-0.05, 0) is 23.7 Å². The Kier molecular flexibility index (Phi) is 4.48. The summed E-state index contributed by atoms with van der Waals surface area (Å²) >= 11 is 0. The normalized spacial score (nSPS) is 17.0. The first-order valence-corrected chi connectivity index (χ1v) is 4.63. The van der Waals surface area contributed by atoms with Gasteiger partial charge in [0.15, 0.2) is 0 Å². The van der Waals surface area contributed by atoms with Crippen LogP contribution in [0.4, 0.5) is 0 Å². The van der Waals surface area contributed by atoms with Gasteiger partial charge in [0.25, 0.3) is 0 Å². The van der Waals surface area contributed by atoms with Crippen LogP contribution in [0.3, 0.4) is 0 Å². The summed E-state index contributed by atoms with van der Waals surface area (Å²) in [5.74, 6) is 2.92. The van der Waals surface area contributed by atoms with Crippen molar-refractivity contribution < 1.29 is 0 Å². The highest BCUT2D eigenvalue weighted by molar-refractivity contribution is 4.86. The molecule has 0 saturated carbocycles. The van der Waals surface area contributed by atoms with Gasteiger partial charge >= 0.3 is 0 Å². The summed E-state index contributed by atoms with van der Waals surface area (Å²) in [4.78, 5) is 0. The van der Waals surface area contributed by atoms with Gasteiger partial charge in [0.2, 0.25) is 0 Å². The highest BCUT2D eigenvalue weighted by Crippen LogP contribution is 2.27. The standard InChI is InChI=1S/C11H22/c1-7-11(9(4)5)10(6)8(2)3/h7-11H,1H2,2-6H3. The van der Waals surface area contributed by atoms with Crippen molar-refractivity contribution in [2.75, 3.05) is 0 Å². The van der Waals surface area contributed by atoms with E-state index in [1.807, 2.05) is 0 Å². The topological polar surface area (TPSA) is 0 Å². The zero-order valence-electron chi connectivity index (χ0n) is 8.59. The molecule has 0 aromatic carbocycles. The fourth-order valence-electron chi connectivity index (χ4n) is 1.54. The van der Waals surface area contributed by atoms with Crippen molar-refractivity contribution in [2.24, 2.45) is 23.7 Å². The van der Waals surface area contributed by atoms with E-state index in [-0.39, 0.29) is 0 Å². The van der Waals surface area contributed by atoms with Crippen LogP contribution >= 0.6 is 0 Å². The predicted molar refractivity (Wildman–Crippen MR) is 52.5 cm³/mol. The molecule has 0 aromatic heterocycles. The van der Waals surface area contributed by atoms with Crippen molar-refractivity contribution in [2.45, 2.75) is 34.6 Å². The third-order valence-electron chi connectivity index (χ3n) is 2.70. The summed E-state index contributed by atoms with van der Waals surface area (Å²) < 4.78 is 0. The van der Waals surface area contributed by atoms with E-state index >= 15 is 0 Å². The van der Waals surface area contributed by atoms with Gasteiger partial charge in [0.1, 0.15) is 0 Å². The molecule has 2 unspecified atom stereocenters. The van der Waals surface area contributed by atoms with Gasteiger partial charge in [-0.2, -0.15) is 0 Å². The molecule has 0 radical (unpaired) electrons. The lowest BCUT2D eigenvalue weighted by Gasteiger charge is -2.27. The van der Waals surface area contributed by atoms with Gasteiger partial charge in [0.05, 0.1) is 0 Å². The van der Waals surface area contributed by atoms with Gasteiger partial charge in [-0.25, -0.2) is 0 Å². The van der Waals surface area contributed by atoms with E-state index in [9.17, 15) is 0 Å². The lowest BCUT2D eigenvalue weighted by atomic mass is 9.79. The third-order valence-corrected chi connectivity index (χ3v) is 2.70. The van der Waals surface area contributed by atoms with E-state index in [1.54, 1.807) is 0 Å². The van der Waals surface area contributed by atoms with E-state index in [0.29, 0.717) is 5.92 Å². The number of hydrogen-bond acceptors (Lipinski definition) is 0. The first-order chi connectivity index (χ1) is 5.00. The molecule has 0 nitrogen and oxygen atoms in total. The molecular weight excluding hydrogens is 132 g/mol. The number of hydrogen-bond donors (Lipinski definition) is 0. The van der Waals surface area contributed by atoms with Crippen molar-refractivity contribution in [3.63, 3.8) is 0 Å². The van der Waals surface area contributed by atoms with Crippen molar-refractivity contribution in [3.8, 4) is 0 Å². The second-order valence-electron chi connectivity index (χ2n) is 4.16. The predicted octanol–water partition coefficient (Wildman–Crippen LogP) is 3.74. The summed E-state index contributed by atoms with van der Waals surface area (Å²) in [7, 11) is 0. The molecule has 0 rings (SSSR count). The summed E-state index contributed by atoms with van der Waals surface area (Å²) in [6, 6.07) is 0. The Hall–Kier alpha value is -0.260. The van der Waals surface area contributed by atoms with Crippen molar-refractivity contribution in [3.05, 3.63) is 12.7 Å². The molecule has 0 fully saturated rings. The molecule has 0 amide bonds. The first-order valence-electron chi connectivity index (χ1n) is 4.63. The minimum Gasteiger partial charge on any atom is -0.103 e. The molecule has 0 bridgehead atoms. The van der Waals surface area contributed by atoms with Gasteiger partial charge < -0.3 is 0 Å². The van der Waals surface area contributed by atoms with Gasteiger partial charge in [-0.15, -0.1) is 6.58 Å². The molecule has 11 heavy (non-hydrogen) atoms. The fraction of sp³-hybridized carbons (Fsp3) is 0.818. The molecule has 0 heteroatoms. The van der Waals surface area contributed by atoms with Crippen LogP contribution < -0.4 is 0 Å². The SMILES string of the molecule is C=CC(C(C)C)C(C)C(C)C. The van der Waals surface area contributed by atoms with Crippen LogP contribution in [0, 0.1) is 23.7 Å². The zero-order chi connectivity index (χ0) is 9.02. The molecule has 0 heterocycles. The van der Waals surface area contributed by atoms with Crippen LogP contribution in [0.5, 0.6) is 0 Å². The average Bonchev–Trinajstić information content (AvgIpc) is 1.88. The monoisotopic (exact) mass is 154 g/mol. The minimum atomic E-state index is 0.676. The zero-order valence-corrected chi connectivity index (χ0v) is 8.59. The Morgan fingerprint density at radius 1 is 0.909 bits per heavy atom. The van der Waals surface area contributed by atoms with E-state index in [4.69, 9.17) is 0 Å². The van der Waals surface area contributed by atoms with Crippen LogP contribution in [0.1, 0.15) is 34.6 Å². The van der Waals surface area contributed by atoms with Gasteiger partial charge in [-0.3, -0.25) is 0 Å². The molecule has 66 valence electrons. The van der Waals surface area contributed by atoms with Crippen LogP contribution in [-0.2, 0) is 0 Å². The molecule has 0 aliphatic rings. The Morgan fingerprint density at radius 3 is 1.45 bits per heavy atom. The molecular formula is C11H22. The Labute approximate surface area is 71.7 Å². The summed E-state index contributed by atoms with van der Waals surface area (Å²) in [6.45, 7) is 15.3. The number of rotatable bonds is 4. The van der Waals surface area contributed by atoms with Crippen molar-refractivity contribution in [1.82, 2.24) is 0 Å².